The molecule has 30 heavy (non-hydrogen) atoms. The van der Waals surface area contributed by atoms with E-state index in [0.29, 0.717) is 29.4 Å². The van der Waals surface area contributed by atoms with Crippen molar-refractivity contribution in [2.75, 3.05) is 20.8 Å². The molecular weight excluding hydrogens is 511 g/mol. The van der Waals surface area contributed by atoms with Gasteiger partial charge in [-0.2, -0.15) is 8.78 Å². The van der Waals surface area contributed by atoms with Crippen LogP contribution in [0.15, 0.2) is 41.4 Å². The van der Waals surface area contributed by atoms with Gasteiger partial charge < -0.3 is 30.0 Å². The SMILES string of the molecule is CCOc1cccc(CNC(=NC)NCc2cc(OC)ccc2O)c1OC(F)F.I. The number of halogens is 3. The predicted molar refractivity (Wildman–Crippen MR) is 121 cm³/mol. The molecular formula is C20H26F2IN3O4. The fourth-order valence-corrected chi connectivity index (χ4v) is 2.60. The topological polar surface area (TPSA) is 84.3 Å². The number of hydrogen-bond acceptors (Lipinski definition) is 5. The molecule has 0 heterocycles. The highest BCUT2D eigenvalue weighted by Gasteiger charge is 2.16. The number of phenols is 1. The Hall–Kier alpha value is -2.50. The van der Waals surface area contributed by atoms with Crippen LogP contribution in [-0.4, -0.2) is 38.4 Å². The summed E-state index contributed by atoms with van der Waals surface area (Å²) in [5.74, 6) is 1.38. The lowest BCUT2D eigenvalue weighted by Gasteiger charge is -2.17. The van der Waals surface area contributed by atoms with E-state index in [4.69, 9.17) is 9.47 Å². The van der Waals surface area contributed by atoms with Crippen molar-refractivity contribution in [3.05, 3.63) is 47.5 Å². The number of nitrogens with one attached hydrogen (secondary N) is 2. The van der Waals surface area contributed by atoms with Crippen molar-refractivity contribution < 1.29 is 28.1 Å². The first-order valence-electron chi connectivity index (χ1n) is 8.98. The van der Waals surface area contributed by atoms with Gasteiger partial charge in [-0.1, -0.05) is 12.1 Å². The molecule has 0 aliphatic rings. The summed E-state index contributed by atoms with van der Waals surface area (Å²) in [6.45, 7) is -0.432. The van der Waals surface area contributed by atoms with Gasteiger partial charge in [0.05, 0.1) is 13.7 Å². The van der Waals surface area contributed by atoms with Crippen molar-refractivity contribution in [1.29, 1.82) is 0 Å². The first-order chi connectivity index (χ1) is 14.0. The first-order valence-corrected chi connectivity index (χ1v) is 8.98. The zero-order chi connectivity index (χ0) is 21.2. The number of methoxy groups -OCH3 is 1. The lowest BCUT2D eigenvalue weighted by atomic mass is 10.2. The van der Waals surface area contributed by atoms with E-state index in [-0.39, 0.29) is 54.3 Å². The lowest BCUT2D eigenvalue weighted by molar-refractivity contribution is -0.0520. The van der Waals surface area contributed by atoms with Crippen molar-refractivity contribution in [2.45, 2.75) is 26.6 Å². The van der Waals surface area contributed by atoms with Gasteiger partial charge in [-0.15, -0.1) is 24.0 Å². The number of ether oxygens (including phenoxy) is 3. The molecule has 2 aromatic rings. The molecule has 3 N–H and O–H groups in total. The number of para-hydroxylation sites is 1. The Kier molecular flexibility index (Phi) is 11.0. The first kappa shape index (κ1) is 25.5. The number of alkyl halides is 2. The minimum atomic E-state index is -2.97. The van der Waals surface area contributed by atoms with Crippen LogP contribution in [-0.2, 0) is 13.1 Å². The summed E-state index contributed by atoms with van der Waals surface area (Å²) in [5, 5.41) is 16.1. The van der Waals surface area contributed by atoms with E-state index in [1.54, 1.807) is 57.5 Å². The molecule has 0 bridgehead atoms. The molecule has 0 aliphatic heterocycles. The molecule has 2 aromatic carbocycles. The fraction of sp³-hybridized carbons (Fsp3) is 0.350. The number of aliphatic imine (C=N–C) groups is 1. The van der Waals surface area contributed by atoms with Gasteiger partial charge in [-0.05, 0) is 31.2 Å². The second-order valence-electron chi connectivity index (χ2n) is 5.83. The highest BCUT2D eigenvalue weighted by molar-refractivity contribution is 14.0. The van der Waals surface area contributed by atoms with Crippen molar-refractivity contribution in [3.63, 3.8) is 0 Å². The number of phenolic OH excluding ortho intramolecular Hbond substituents is 1. The highest BCUT2D eigenvalue weighted by atomic mass is 127. The van der Waals surface area contributed by atoms with Gasteiger partial charge in [-0.25, -0.2) is 0 Å². The predicted octanol–water partition coefficient (Wildman–Crippen LogP) is 3.88. The van der Waals surface area contributed by atoms with E-state index in [9.17, 15) is 13.9 Å². The van der Waals surface area contributed by atoms with Crippen molar-refractivity contribution in [3.8, 4) is 23.0 Å². The van der Waals surface area contributed by atoms with Crippen LogP contribution in [0.25, 0.3) is 0 Å². The van der Waals surface area contributed by atoms with Crippen molar-refractivity contribution in [1.82, 2.24) is 10.6 Å². The molecule has 0 fully saturated rings. The molecule has 0 atom stereocenters. The smallest absolute Gasteiger partial charge is 0.387 e. The van der Waals surface area contributed by atoms with Crippen LogP contribution in [0.2, 0.25) is 0 Å². The quantitative estimate of drug-likeness (QED) is 0.256. The molecule has 2 rings (SSSR count). The molecule has 0 saturated heterocycles. The summed E-state index contributed by atoms with van der Waals surface area (Å²) in [6, 6.07) is 9.83. The highest BCUT2D eigenvalue weighted by Crippen LogP contribution is 2.32. The van der Waals surface area contributed by atoms with Gasteiger partial charge in [0.25, 0.3) is 0 Å². The van der Waals surface area contributed by atoms with Crippen LogP contribution in [0.3, 0.4) is 0 Å². The summed E-state index contributed by atoms with van der Waals surface area (Å²) in [4.78, 5) is 4.10. The van der Waals surface area contributed by atoms with E-state index in [2.05, 4.69) is 20.4 Å². The second kappa shape index (κ2) is 12.9. The lowest BCUT2D eigenvalue weighted by Crippen LogP contribution is -2.36. The molecule has 7 nitrogen and oxygen atoms in total. The van der Waals surface area contributed by atoms with Gasteiger partial charge in [-0.3, -0.25) is 4.99 Å². The molecule has 10 heteroatoms. The van der Waals surface area contributed by atoms with Crippen molar-refractivity contribution in [2.24, 2.45) is 4.99 Å². The summed E-state index contributed by atoms with van der Waals surface area (Å²) in [7, 11) is 3.12. The number of guanidine groups is 1. The average Bonchev–Trinajstić information content (AvgIpc) is 2.71. The Labute approximate surface area is 191 Å². The summed E-state index contributed by atoms with van der Waals surface area (Å²) < 4.78 is 40.8. The average molecular weight is 537 g/mol. The minimum absolute atomic E-state index is 0. The molecule has 0 saturated carbocycles. The van der Waals surface area contributed by atoms with E-state index in [1.165, 1.54) is 0 Å². The van der Waals surface area contributed by atoms with E-state index >= 15 is 0 Å². The third kappa shape index (κ3) is 7.39. The molecule has 0 amide bonds. The van der Waals surface area contributed by atoms with Gasteiger partial charge in [0.1, 0.15) is 11.5 Å². The number of rotatable bonds is 9. The van der Waals surface area contributed by atoms with Crippen LogP contribution in [0, 0.1) is 0 Å². The van der Waals surface area contributed by atoms with Crippen LogP contribution in [0.5, 0.6) is 23.0 Å². The Balaban J connectivity index is 0.00000450. The summed E-state index contributed by atoms with van der Waals surface area (Å²) >= 11 is 0. The maximum absolute atomic E-state index is 12.8. The third-order valence-electron chi connectivity index (χ3n) is 3.97. The fourth-order valence-electron chi connectivity index (χ4n) is 2.60. The number of benzene rings is 2. The Morgan fingerprint density at radius 1 is 1.13 bits per heavy atom. The van der Waals surface area contributed by atoms with Crippen LogP contribution >= 0.6 is 24.0 Å². The summed E-state index contributed by atoms with van der Waals surface area (Å²) in [5.41, 5.74) is 1.11. The number of aromatic hydroxyl groups is 1. The van der Waals surface area contributed by atoms with Crippen LogP contribution in [0.4, 0.5) is 8.78 Å². The van der Waals surface area contributed by atoms with Crippen molar-refractivity contribution >= 4 is 29.9 Å². The third-order valence-corrected chi connectivity index (χ3v) is 3.97. The molecule has 0 spiro atoms. The van der Waals surface area contributed by atoms with Gasteiger partial charge in [0.15, 0.2) is 17.5 Å². The minimum Gasteiger partial charge on any atom is -0.508 e. The van der Waals surface area contributed by atoms with E-state index in [0.717, 1.165) is 0 Å². The maximum atomic E-state index is 12.8. The molecule has 166 valence electrons. The van der Waals surface area contributed by atoms with E-state index < -0.39 is 6.61 Å². The second-order valence-corrected chi connectivity index (χ2v) is 5.83. The van der Waals surface area contributed by atoms with Gasteiger partial charge in [0.2, 0.25) is 0 Å². The van der Waals surface area contributed by atoms with E-state index in [1.807, 2.05) is 0 Å². The number of nitrogens with zero attached hydrogens (tertiary/aromatic N) is 1. The Bertz CT molecular complexity index is 838. The zero-order valence-corrected chi connectivity index (χ0v) is 19.3. The van der Waals surface area contributed by atoms with Crippen LogP contribution in [0.1, 0.15) is 18.1 Å². The van der Waals surface area contributed by atoms with Gasteiger partial charge >= 0.3 is 6.61 Å². The number of hydrogen-bond donors (Lipinski definition) is 3. The Morgan fingerprint density at radius 3 is 2.43 bits per heavy atom. The van der Waals surface area contributed by atoms with Gasteiger partial charge in [0, 0.05) is 31.3 Å². The molecule has 0 radical (unpaired) electrons. The monoisotopic (exact) mass is 537 g/mol. The largest absolute Gasteiger partial charge is 0.508 e. The zero-order valence-electron chi connectivity index (χ0n) is 16.9. The normalized spacial score (nSPS) is 10.9. The molecule has 0 unspecified atom stereocenters. The summed E-state index contributed by atoms with van der Waals surface area (Å²) in [6.07, 6.45) is 0. The molecule has 0 aliphatic carbocycles. The maximum Gasteiger partial charge on any atom is 0.387 e. The standard InChI is InChI=1S/C20H25F2N3O4.HI/c1-4-28-17-7-5-6-13(18(17)29-19(21)22)11-24-20(23-2)25-12-14-10-15(27-3)8-9-16(14)26;/h5-10,19,26H,4,11-12H2,1-3H3,(H2,23,24,25);1H. The van der Waals surface area contributed by atoms with Crippen LogP contribution < -0.4 is 24.8 Å². The Morgan fingerprint density at radius 2 is 1.83 bits per heavy atom. The molecule has 0 aromatic heterocycles.